The molecule has 23 heavy (non-hydrogen) atoms. The van der Waals surface area contributed by atoms with Gasteiger partial charge in [-0.1, -0.05) is 0 Å². The zero-order valence-electron chi connectivity index (χ0n) is 12.5. The summed E-state index contributed by atoms with van der Waals surface area (Å²) >= 11 is 1.39. The Bertz CT molecular complexity index is 741. The fourth-order valence-electron chi connectivity index (χ4n) is 2.13. The van der Waals surface area contributed by atoms with Crippen LogP contribution in [0.5, 0.6) is 11.5 Å². The number of carbonyl (C=O) groups excluding carboxylic acids is 2. The number of nitrogens with one attached hydrogen (secondary N) is 2. The molecule has 0 fully saturated rings. The molecule has 0 unspecified atom stereocenters. The van der Waals surface area contributed by atoms with Gasteiger partial charge in [0, 0.05) is 16.6 Å². The van der Waals surface area contributed by atoms with Gasteiger partial charge in [-0.2, -0.15) is 0 Å². The molecule has 0 bridgehead atoms. The van der Waals surface area contributed by atoms with Crippen molar-refractivity contribution in [3.63, 3.8) is 0 Å². The highest BCUT2D eigenvalue weighted by atomic mass is 32.1. The van der Waals surface area contributed by atoms with Gasteiger partial charge in [-0.25, -0.2) is 0 Å². The lowest BCUT2D eigenvalue weighted by Crippen LogP contribution is -2.32. The first kappa shape index (κ1) is 15.4. The Labute approximate surface area is 137 Å². The number of benzene rings is 1. The summed E-state index contributed by atoms with van der Waals surface area (Å²) in [6.45, 7) is 2.84. The minimum absolute atomic E-state index is 0.0930. The lowest BCUT2D eigenvalue weighted by molar-refractivity contribution is -0.115. The van der Waals surface area contributed by atoms with E-state index in [-0.39, 0.29) is 18.4 Å². The summed E-state index contributed by atoms with van der Waals surface area (Å²) in [6.07, 6.45) is 0. The van der Waals surface area contributed by atoms with E-state index in [1.807, 2.05) is 13.0 Å². The van der Waals surface area contributed by atoms with Gasteiger partial charge < -0.3 is 20.1 Å². The van der Waals surface area contributed by atoms with Gasteiger partial charge in [0.05, 0.1) is 11.4 Å². The van der Waals surface area contributed by atoms with Crippen molar-refractivity contribution in [1.29, 1.82) is 0 Å². The average molecular weight is 332 g/mol. The molecule has 0 saturated heterocycles. The Kier molecular flexibility index (Phi) is 4.47. The number of ether oxygens (including phenoxy) is 2. The van der Waals surface area contributed by atoms with Crippen LogP contribution >= 0.6 is 11.3 Å². The monoisotopic (exact) mass is 332 g/mol. The Morgan fingerprint density at radius 1 is 1.13 bits per heavy atom. The largest absolute Gasteiger partial charge is 0.486 e. The molecule has 1 aromatic carbocycles. The molecule has 2 amide bonds. The number of fused-ring (bicyclic) bond motifs is 1. The summed E-state index contributed by atoms with van der Waals surface area (Å²) in [6, 6.07) is 8.80. The maximum absolute atomic E-state index is 11.9. The summed E-state index contributed by atoms with van der Waals surface area (Å²) in [5, 5.41) is 5.32. The quantitative estimate of drug-likeness (QED) is 0.900. The van der Waals surface area contributed by atoms with Crippen molar-refractivity contribution in [3.05, 3.63) is 40.1 Å². The minimum Gasteiger partial charge on any atom is -0.486 e. The maximum atomic E-state index is 11.9. The SMILES string of the molecule is Cc1ccc(C(=O)NCC(=O)Nc2ccc3c(c2)OCCO3)s1. The molecule has 3 rings (SSSR count). The van der Waals surface area contributed by atoms with E-state index in [0.29, 0.717) is 35.3 Å². The van der Waals surface area contributed by atoms with Crippen LogP contribution in [0.2, 0.25) is 0 Å². The molecule has 2 N–H and O–H groups in total. The number of carbonyl (C=O) groups is 2. The van der Waals surface area contributed by atoms with Crippen LogP contribution in [-0.2, 0) is 4.79 Å². The topological polar surface area (TPSA) is 76.7 Å². The summed E-state index contributed by atoms with van der Waals surface area (Å²) < 4.78 is 10.9. The smallest absolute Gasteiger partial charge is 0.261 e. The van der Waals surface area contributed by atoms with Crippen LogP contribution in [-0.4, -0.2) is 31.6 Å². The Hall–Kier alpha value is -2.54. The van der Waals surface area contributed by atoms with Gasteiger partial charge in [-0.15, -0.1) is 11.3 Å². The van der Waals surface area contributed by atoms with Gasteiger partial charge in [-0.3, -0.25) is 9.59 Å². The van der Waals surface area contributed by atoms with Crippen LogP contribution in [0.15, 0.2) is 30.3 Å². The number of anilines is 1. The van der Waals surface area contributed by atoms with Crippen molar-refractivity contribution in [2.75, 3.05) is 25.1 Å². The van der Waals surface area contributed by atoms with E-state index in [1.54, 1.807) is 24.3 Å². The molecule has 0 spiro atoms. The second kappa shape index (κ2) is 6.70. The fourth-order valence-corrected chi connectivity index (χ4v) is 2.91. The van der Waals surface area contributed by atoms with E-state index in [4.69, 9.17) is 9.47 Å². The number of rotatable bonds is 4. The van der Waals surface area contributed by atoms with Crippen molar-refractivity contribution < 1.29 is 19.1 Å². The van der Waals surface area contributed by atoms with Crippen LogP contribution in [0.3, 0.4) is 0 Å². The third kappa shape index (κ3) is 3.81. The summed E-state index contributed by atoms with van der Waals surface area (Å²) in [5.41, 5.74) is 0.598. The van der Waals surface area contributed by atoms with Crippen LogP contribution in [0.1, 0.15) is 14.5 Å². The van der Waals surface area contributed by atoms with Gasteiger partial charge in [0.1, 0.15) is 13.2 Å². The van der Waals surface area contributed by atoms with Crippen molar-refractivity contribution in [2.45, 2.75) is 6.92 Å². The highest BCUT2D eigenvalue weighted by Gasteiger charge is 2.13. The molecule has 0 aliphatic carbocycles. The van der Waals surface area contributed by atoms with Crippen molar-refractivity contribution >= 4 is 28.8 Å². The molecule has 1 aromatic heterocycles. The lowest BCUT2D eigenvalue weighted by atomic mass is 10.2. The second-order valence-electron chi connectivity index (χ2n) is 5.00. The third-order valence-electron chi connectivity index (χ3n) is 3.20. The molecule has 6 nitrogen and oxygen atoms in total. The van der Waals surface area contributed by atoms with E-state index in [0.717, 1.165) is 4.88 Å². The Morgan fingerprint density at radius 3 is 2.65 bits per heavy atom. The first-order valence-electron chi connectivity index (χ1n) is 7.16. The van der Waals surface area contributed by atoms with E-state index in [1.165, 1.54) is 11.3 Å². The van der Waals surface area contributed by atoms with Gasteiger partial charge >= 0.3 is 0 Å². The predicted octanol–water partition coefficient (Wildman–Crippen LogP) is 2.20. The Balaban J connectivity index is 1.54. The maximum Gasteiger partial charge on any atom is 0.261 e. The molecule has 2 heterocycles. The first-order chi connectivity index (χ1) is 11.1. The van der Waals surface area contributed by atoms with E-state index in [9.17, 15) is 9.59 Å². The highest BCUT2D eigenvalue weighted by molar-refractivity contribution is 7.13. The molecule has 1 aliphatic rings. The number of hydrogen-bond donors (Lipinski definition) is 2. The average Bonchev–Trinajstić information content (AvgIpc) is 2.99. The summed E-state index contributed by atoms with van der Waals surface area (Å²) in [4.78, 5) is 25.5. The normalized spacial score (nSPS) is 12.6. The van der Waals surface area contributed by atoms with E-state index in [2.05, 4.69) is 10.6 Å². The molecule has 7 heteroatoms. The molecule has 0 saturated carbocycles. The van der Waals surface area contributed by atoms with Crippen molar-refractivity contribution in [1.82, 2.24) is 5.32 Å². The van der Waals surface area contributed by atoms with Gasteiger partial charge in [0.2, 0.25) is 5.91 Å². The zero-order valence-corrected chi connectivity index (χ0v) is 13.4. The lowest BCUT2D eigenvalue weighted by Gasteiger charge is -2.19. The van der Waals surface area contributed by atoms with Crippen molar-refractivity contribution in [3.8, 4) is 11.5 Å². The molecular weight excluding hydrogens is 316 g/mol. The second-order valence-corrected chi connectivity index (χ2v) is 6.29. The number of amides is 2. The minimum atomic E-state index is -0.302. The van der Waals surface area contributed by atoms with Crippen LogP contribution < -0.4 is 20.1 Å². The molecule has 120 valence electrons. The van der Waals surface area contributed by atoms with Gasteiger partial charge in [0.15, 0.2) is 11.5 Å². The Morgan fingerprint density at radius 2 is 1.91 bits per heavy atom. The highest BCUT2D eigenvalue weighted by Crippen LogP contribution is 2.32. The van der Waals surface area contributed by atoms with Crippen LogP contribution in [0, 0.1) is 6.92 Å². The summed E-state index contributed by atoms with van der Waals surface area (Å²) in [5.74, 6) is 0.714. The standard InChI is InChI=1S/C16H16N2O4S/c1-10-2-5-14(23-10)16(20)17-9-15(19)18-11-3-4-12-13(8-11)22-7-6-21-12/h2-5,8H,6-7,9H2,1H3,(H,17,20)(H,18,19). The predicted molar refractivity (Wildman–Crippen MR) is 87.5 cm³/mol. The zero-order chi connectivity index (χ0) is 16.2. The van der Waals surface area contributed by atoms with Crippen LogP contribution in [0.25, 0.3) is 0 Å². The third-order valence-corrected chi connectivity index (χ3v) is 4.20. The number of aryl methyl sites for hydroxylation is 1. The number of thiophene rings is 1. The molecule has 0 atom stereocenters. The fraction of sp³-hybridized carbons (Fsp3) is 0.250. The first-order valence-corrected chi connectivity index (χ1v) is 7.97. The molecular formula is C16H16N2O4S. The van der Waals surface area contributed by atoms with Gasteiger partial charge in [0.25, 0.3) is 5.91 Å². The molecule has 2 aromatic rings. The van der Waals surface area contributed by atoms with Crippen molar-refractivity contribution in [2.24, 2.45) is 0 Å². The summed E-state index contributed by atoms with van der Waals surface area (Å²) in [7, 11) is 0. The molecule has 0 radical (unpaired) electrons. The van der Waals surface area contributed by atoms with E-state index < -0.39 is 0 Å². The number of hydrogen-bond acceptors (Lipinski definition) is 5. The van der Waals surface area contributed by atoms with Crippen LogP contribution in [0.4, 0.5) is 5.69 Å². The van der Waals surface area contributed by atoms with E-state index >= 15 is 0 Å². The molecule has 1 aliphatic heterocycles. The van der Waals surface area contributed by atoms with Gasteiger partial charge in [-0.05, 0) is 31.2 Å².